The third kappa shape index (κ3) is 6.80. The lowest BCUT2D eigenvalue weighted by atomic mass is 9.81. The molecule has 1 aliphatic heterocycles. The number of aromatic nitrogens is 3. The van der Waals surface area contributed by atoms with E-state index in [2.05, 4.69) is 25.2 Å². The molecule has 3 heterocycles. The number of rotatable bonds is 8. The first kappa shape index (κ1) is 26.4. The first-order valence-electron chi connectivity index (χ1n) is 13.4. The van der Waals surface area contributed by atoms with Crippen LogP contribution in [0.2, 0.25) is 0 Å². The van der Waals surface area contributed by atoms with E-state index >= 15 is 0 Å². The number of fused-ring (bicyclic) bond motifs is 1. The number of morpholine rings is 1. The predicted molar refractivity (Wildman–Crippen MR) is 133 cm³/mol. The largest absolute Gasteiger partial charge is 0.474 e. The Morgan fingerprint density at radius 1 is 1.14 bits per heavy atom. The van der Waals surface area contributed by atoms with Gasteiger partial charge in [-0.15, -0.1) is 0 Å². The Balaban J connectivity index is 1.32. The smallest absolute Gasteiger partial charge is 0.391 e. The van der Waals surface area contributed by atoms with Crippen molar-refractivity contribution in [2.24, 2.45) is 5.92 Å². The van der Waals surface area contributed by atoms with Gasteiger partial charge in [0.15, 0.2) is 0 Å². The molecule has 2 saturated carbocycles. The summed E-state index contributed by atoms with van der Waals surface area (Å²) in [5.41, 5.74) is 1.59. The number of hydrogen-bond donors (Lipinski definition) is 2. The first-order chi connectivity index (χ1) is 17.7. The molecule has 1 atom stereocenters. The van der Waals surface area contributed by atoms with E-state index in [1.165, 1.54) is 6.92 Å². The predicted octanol–water partition coefficient (Wildman–Crippen LogP) is 4.29. The number of pyridine rings is 1. The van der Waals surface area contributed by atoms with Crippen LogP contribution in [0.5, 0.6) is 5.88 Å². The summed E-state index contributed by atoms with van der Waals surface area (Å²) >= 11 is 0. The quantitative estimate of drug-likeness (QED) is 0.530. The summed E-state index contributed by atoms with van der Waals surface area (Å²) in [6, 6.07) is -0.860. The number of hydrogen-bond acceptors (Lipinski definition) is 8. The van der Waals surface area contributed by atoms with Crippen LogP contribution in [-0.4, -0.2) is 82.2 Å². The molecule has 0 bridgehead atoms. The fourth-order valence-corrected chi connectivity index (χ4v) is 5.71. The van der Waals surface area contributed by atoms with Crippen LogP contribution in [0.25, 0.3) is 10.9 Å². The zero-order valence-electron chi connectivity index (χ0n) is 21.2. The van der Waals surface area contributed by atoms with Crippen LogP contribution in [-0.2, 0) is 4.74 Å². The van der Waals surface area contributed by atoms with Gasteiger partial charge in [0.2, 0.25) is 11.8 Å². The monoisotopic (exact) mass is 523 g/mol. The number of halogens is 3. The van der Waals surface area contributed by atoms with Gasteiger partial charge in [0.05, 0.1) is 36.6 Å². The van der Waals surface area contributed by atoms with E-state index < -0.39 is 18.6 Å². The van der Waals surface area contributed by atoms with Crippen LogP contribution in [0.3, 0.4) is 0 Å². The van der Waals surface area contributed by atoms with E-state index in [9.17, 15) is 18.3 Å². The number of aliphatic hydroxyl groups excluding tert-OH is 1. The second-order valence-corrected chi connectivity index (χ2v) is 10.8. The molecule has 8 nitrogen and oxygen atoms in total. The molecule has 1 saturated heterocycles. The molecule has 2 N–H and O–H groups in total. The number of anilines is 1. The van der Waals surface area contributed by atoms with Gasteiger partial charge in [0, 0.05) is 43.6 Å². The third-order valence-electron chi connectivity index (χ3n) is 7.75. The van der Waals surface area contributed by atoms with Gasteiger partial charge in [-0.2, -0.15) is 13.2 Å². The minimum atomic E-state index is -4.27. The SMILES string of the molecule is C[C@@H](CC(F)(F)F)Nc1ncc2c(O[C@H]3C[C@H](CN4CCOCC4)C3)ncc([C@H]3CC[C@H](O)CC3)c2n1. The molecule has 37 heavy (non-hydrogen) atoms. The molecule has 3 aliphatic rings. The maximum atomic E-state index is 12.8. The fraction of sp³-hybridized carbons (Fsp3) is 0.731. The zero-order valence-corrected chi connectivity index (χ0v) is 21.2. The van der Waals surface area contributed by atoms with Crippen molar-refractivity contribution in [2.75, 3.05) is 38.2 Å². The van der Waals surface area contributed by atoms with E-state index in [4.69, 9.17) is 9.47 Å². The number of aliphatic hydroxyl groups is 1. The van der Waals surface area contributed by atoms with Crippen LogP contribution >= 0.6 is 0 Å². The minimum absolute atomic E-state index is 0.0713. The van der Waals surface area contributed by atoms with Gasteiger partial charge in [-0.3, -0.25) is 4.90 Å². The molecule has 2 aromatic rings. The topological polar surface area (TPSA) is 92.6 Å². The van der Waals surface area contributed by atoms with Crippen LogP contribution in [0, 0.1) is 5.92 Å². The lowest BCUT2D eigenvalue weighted by Gasteiger charge is -2.39. The molecule has 0 aromatic carbocycles. The van der Waals surface area contributed by atoms with Gasteiger partial charge in [0.25, 0.3) is 0 Å². The summed E-state index contributed by atoms with van der Waals surface area (Å²) in [7, 11) is 0. The normalized spacial score (nSPS) is 28.0. The standard InChI is InChI=1S/C26H36F3N5O3/c1-16(12-26(27,28)29)32-25-31-14-22-23(33-25)21(18-2-4-19(35)5-3-18)13-30-24(22)37-20-10-17(11-20)15-34-6-8-36-9-7-34/h13-14,16-20,35H,2-12,15H2,1H3,(H,31,32,33)/t16-,17-,18-,19-,20-/m0/s1. The van der Waals surface area contributed by atoms with Crippen molar-refractivity contribution in [3.8, 4) is 5.88 Å². The van der Waals surface area contributed by atoms with E-state index in [1.54, 1.807) is 12.4 Å². The number of nitrogens with zero attached hydrogens (tertiary/aromatic N) is 4. The van der Waals surface area contributed by atoms with Crippen LogP contribution in [0.15, 0.2) is 12.4 Å². The van der Waals surface area contributed by atoms with Crippen molar-refractivity contribution in [2.45, 2.75) is 82.2 Å². The van der Waals surface area contributed by atoms with Crippen molar-refractivity contribution >= 4 is 16.9 Å². The van der Waals surface area contributed by atoms with Gasteiger partial charge in [-0.25, -0.2) is 15.0 Å². The minimum Gasteiger partial charge on any atom is -0.474 e. The van der Waals surface area contributed by atoms with Crippen molar-refractivity contribution in [3.63, 3.8) is 0 Å². The van der Waals surface area contributed by atoms with Gasteiger partial charge >= 0.3 is 6.18 Å². The molecule has 3 fully saturated rings. The fourth-order valence-electron chi connectivity index (χ4n) is 5.71. The molecule has 0 spiro atoms. The van der Waals surface area contributed by atoms with E-state index in [1.807, 2.05) is 0 Å². The summed E-state index contributed by atoms with van der Waals surface area (Å²) in [5, 5.41) is 13.4. The number of alkyl halides is 3. The van der Waals surface area contributed by atoms with Crippen LogP contribution in [0.1, 0.15) is 63.4 Å². The lowest BCUT2D eigenvalue weighted by molar-refractivity contribution is -0.136. The van der Waals surface area contributed by atoms with Crippen molar-refractivity contribution in [1.82, 2.24) is 19.9 Å². The number of ether oxygens (including phenoxy) is 2. The highest BCUT2D eigenvalue weighted by atomic mass is 19.4. The lowest BCUT2D eigenvalue weighted by Crippen LogP contribution is -2.45. The molecule has 2 aliphatic carbocycles. The summed E-state index contributed by atoms with van der Waals surface area (Å²) in [5.74, 6) is 1.39. The summed E-state index contributed by atoms with van der Waals surface area (Å²) in [6.45, 7) is 6.06. The summed E-state index contributed by atoms with van der Waals surface area (Å²) in [6.07, 6.45) is 2.87. The summed E-state index contributed by atoms with van der Waals surface area (Å²) < 4.78 is 50.2. The highest BCUT2D eigenvalue weighted by Gasteiger charge is 2.34. The second kappa shape index (κ2) is 11.2. The zero-order chi connectivity index (χ0) is 26.0. The van der Waals surface area contributed by atoms with Crippen molar-refractivity contribution < 1.29 is 27.8 Å². The van der Waals surface area contributed by atoms with Gasteiger partial charge < -0.3 is 19.9 Å². The molecule has 5 rings (SSSR count). The van der Waals surface area contributed by atoms with E-state index in [-0.39, 0.29) is 24.1 Å². The Morgan fingerprint density at radius 2 is 1.86 bits per heavy atom. The van der Waals surface area contributed by atoms with Gasteiger partial charge in [0.1, 0.15) is 6.10 Å². The Morgan fingerprint density at radius 3 is 2.57 bits per heavy atom. The van der Waals surface area contributed by atoms with Gasteiger partial charge in [-0.1, -0.05) is 0 Å². The highest BCUT2D eigenvalue weighted by molar-refractivity contribution is 5.86. The molecule has 0 unspecified atom stereocenters. The van der Waals surface area contributed by atoms with Gasteiger partial charge in [-0.05, 0) is 57.3 Å². The molecular weight excluding hydrogens is 487 g/mol. The highest BCUT2D eigenvalue weighted by Crippen LogP contribution is 2.39. The average Bonchev–Trinajstić information content (AvgIpc) is 2.83. The van der Waals surface area contributed by atoms with E-state index in [0.717, 1.165) is 64.1 Å². The van der Waals surface area contributed by atoms with E-state index in [0.29, 0.717) is 35.5 Å². The number of nitrogens with one attached hydrogen (secondary N) is 1. The van der Waals surface area contributed by atoms with Crippen molar-refractivity contribution in [3.05, 3.63) is 18.0 Å². The molecule has 204 valence electrons. The molecule has 2 aromatic heterocycles. The Bertz CT molecular complexity index is 1050. The Labute approximate surface area is 215 Å². The third-order valence-corrected chi connectivity index (χ3v) is 7.75. The molecule has 11 heteroatoms. The maximum Gasteiger partial charge on any atom is 0.391 e. The molecule has 0 radical (unpaired) electrons. The average molecular weight is 524 g/mol. The summed E-state index contributed by atoms with van der Waals surface area (Å²) in [4.78, 5) is 16.0. The first-order valence-corrected chi connectivity index (χ1v) is 13.4. The molecule has 0 amide bonds. The Hall–Kier alpha value is -2.24. The van der Waals surface area contributed by atoms with Crippen molar-refractivity contribution in [1.29, 1.82) is 0 Å². The second-order valence-electron chi connectivity index (χ2n) is 10.8. The maximum absolute atomic E-state index is 12.8. The molecular formula is C26H36F3N5O3. The van der Waals surface area contributed by atoms with Crippen LogP contribution in [0.4, 0.5) is 19.1 Å². The Kier molecular flexibility index (Phi) is 8.02. The van der Waals surface area contributed by atoms with Crippen LogP contribution < -0.4 is 10.1 Å².